The number of unbranched alkanes of at least 4 members (excludes halogenated alkanes) is 3. The number of ether oxygens (including phenoxy) is 2. The average molecular weight is 312 g/mol. The van der Waals surface area contributed by atoms with E-state index in [2.05, 4.69) is 45.1 Å². The van der Waals surface area contributed by atoms with Gasteiger partial charge in [0, 0.05) is 6.42 Å². The lowest BCUT2D eigenvalue weighted by atomic mass is 10.1. The molecule has 0 saturated carbocycles. The van der Waals surface area contributed by atoms with Crippen LogP contribution in [-0.2, 0) is 9.47 Å². The number of hydrogen-bond acceptors (Lipinski definition) is 3. The second-order valence-corrected chi connectivity index (χ2v) is 5.56. The van der Waals surface area contributed by atoms with Crippen LogP contribution in [0.15, 0.2) is 24.3 Å². The Bertz CT molecular complexity index is 264. The fourth-order valence-electron chi connectivity index (χ4n) is 2.10. The lowest BCUT2D eigenvalue weighted by Crippen LogP contribution is -2.36. The van der Waals surface area contributed by atoms with E-state index in [1.54, 1.807) is 0 Å². The number of hydrogen-bond donors (Lipinski definition) is 1. The standard InChI is InChI=1S/C19H36O3/c1-4-7-10-13-16-19(20,21-17-14-11-8-5-2)22-18-15-12-9-6-3/h8-9,11-12,20H,4-7,10,13-18H2,1-3H3/b11-8-,12-9-. The second kappa shape index (κ2) is 15.3. The van der Waals surface area contributed by atoms with Gasteiger partial charge in [0.15, 0.2) is 0 Å². The molecule has 0 aliphatic heterocycles. The zero-order valence-electron chi connectivity index (χ0n) is 14.9. The zero-order chi connectivity index (χ0) is 16.5. The van der Waals surface area contributed by atoms with Crippen molar-refractivity contribution in [2.45, 2.75) is 84.5 Å². The van der Waals surface area contributed by atoms with Gasteiger partial charge in [-0.1, -0.05) is 64.3 Å². The van der Waals surface area contributed by atoms with E-state index in [4.69, 9.17) is 9.47 Å². The lowest BCUT2D eigenvalue weighted by molar-refractivity contribution is -0.362. The van der Waals surface area contributed by atoms with Crippen molar-refractivity contribution in [3.63, 3.8) is 0 Å². The van der Waals surface area contributed by atoms with E-state index < -0.39 is 5.97 Å². The SMILES string of the molecule is CC/C=C\CCOC(O)(CCCCCC)OCC/C=C\CC. The Morgan fingerprint density at radius 2 is 1.32 bits per heavy atom. The minimum atomic E-state index is -1.42. The van der Waals surface area contributed by atoms with Crippen LogP contribution in [0, 0.1) is 0 Å². The molecule has 0 bridgehead atoms. The van der Waals surface area contributed by atoms with Gasteiger partial charge in [-0.15, -0.1) is 0 Å². The van der Waals surface area contributed by atoms with Gasteiger partial charge >= 0.3 is 0 Å². The molecule has 0 atom stereocenters. The van der Waals surface area contributed by atoms with Crippen molar-refractivity contribution in [2.24, 2.45) is 0 Å². The van der Waals surface area contributed by atoms with E-state index in [-0.39, 0.29) is 0 Å². The van der Waals surface area contributed by atoms with Crippen LogP contribution in [0.4, 0.5) is 0 Å². The maximum Gasteiger partial charge on any atom is 0.280 e. The minimum Gasteiger partial charge on any atom is -0.343 e. The molecule has 0 spiro atoms. The molecule has 0 fully saturated rings. The normalized spacial score (nSPS) is 12.7. The largest absolute Gasteiger partial charge is 0.343 e. The topological polar surface area (TPSA) is 38.7 Å². The van der Waals surface area contributed by atoms with Gasteiger partial charge in [-0.3, -0.25) is 0 Å². The van der Waals surface area contributed by atoms with Gasteiger partial charge < -0.3 is 14.6 Å². The Morgan fingerprint density at radius 1 is 0.773 bits per heavy atom. The third-order valence-corrected chi connectivity index (χ3v) is 3.38. The smallest absolute Gasteiger partial charge is 0.280 e. The first-order valence-electron chi connectivity index (χ1n) is 8.98. The molecule has 0 heterocycles. The summed E-state index contributed by atoms with van der Waals surface area (Å²) in [5, 5.41) is 10.5. The van der Waals surface area contributed by atoms with Gasteiger partial charge in [-0.2, -0.15) is 0 Å². The Labute approximate surface area is 137 Å². The number of allylic oxidation sites excluding steroid dienone is 2. The molecule has 0 aromatic heterocycles. The van der Waals surface area contributed by atoms with Crippen molar-refractivity contribution in [3.05, 3.63) is 24.3 Å². The van der Waals surface area contributed by atoms with Crippen LogP contribution >= 0.6 is 0 Å². The summed E-state index contributed by atoms with van der Waals surface area (Å²) in [4.78, 5) is 0. The van der Waals surface area contributed by atoms with Crippen LogP contribution in [0.3, 0.4) is 0 Å². The first-order chi connectivity index (χ1) is 10.7. The van der Waals surface area contributed by atoms with Crippen LogP contribution in [0.25, 0.3) is 0 Å². The Hall–Kier alpha value is -0.640. The third kappa shape index (κ3) is 13.1. The van der Waals surface area contributed by atoms with Crippen LogP contribution in [-0.4, -0.2) is 24.3 Å². The van der Waals surface area contributed by atoms with E-state index in [0.717, 1.165) is 38.5 Å². The zero-order valence-corrected chi connectivity index (χ0v) is 14.9. The molecule has 22 heavy (non-hydrogen) atoms. The summed E-state index contributed by atoms with van der Waals surface area (Å²) in [5.41, 5.74) is 0. The first-order valence-corrected chi connectivity index (χ1v) is 8.98. The summed E-state index contributed by atoms with van der Waals surface area (Å²) >= 11 is 0. The molecule has 0 aromatic rings. The summed E-state index contributed by atoms with van der Waals surface area (Å²) in [6.07, 6.45) is 17.0. The lowest BCUT2D eigenvalue weighted by Gasteiger charge is -2.28. The predicted molar refractivity (Wildman–Crippen MR) is 93.7 cm³/mol. The number of rotatable bonds is 15. The quantitative estimate of drug-likeness (QED) is 0.252. The first kappa shape index (κ1) is 21.4. The Balaban J connectivity index is 4.15. The molecule has 1 N–H and O–H groups in total. The maximum atomic E-state index is 10.5. The van der Waals surface area contributed by atoms with Crippen molar-refractivity contribution in [1.29, 1.82) is 0 Å². The van der Waals surface area contributed by atoms with E-state index in [1.807, 2.05) is 0 Å². The molecule has 0 rings (SSSR count). The molecule has 3 nitrogen and oxygen atoms in total. The molecule has 0 unspecified atom stereocenters. The van der Waals surface area contributed by atoms with Gasteiger partial charge in [0.25, 0.3) is 5.97 Å². The fourth-order valence-corrected chi connectivity index (χ4v) is 2.10. The molecular formula is C19H36O3. The summed E-state index contributed by atoms with van der Waals surface area (Å²) in [6, 6.07) is 0. The van der Waals surface area contributed by atoms with E-state index in [0.29, 0.717) is 19.6 Å². The average Bonchev–Trinajstić information content (AvgIpc) is 2.51. The van der Waals surface area contributed by atoms with Crippen LogP contribution in [0.1, 0.15) is 78.6 Å². The van der Waals surface area contributed by atoms with Crippen LogP contribution < -0.4 is 0 Å². The monoisotopic (exact) mass is 312 g/mol. The predicted octanol–water partition coefficient (Wildman–Crippen LogP) is 5.35. The van der Waals surface area contributed by atoms with E-state index in [9.17, 15) is 5.11 Å². The van der Waals surface area contributed by atoms with E-state index >= 15 is 0 Å². The molecule has 0 aliphatic rings. The summed E-state index contributed by atoms with van der Waals surface area (Å²) in [7, 11) is 0. The molecule has 0 amide bonds. The van der Waals surface area contributed by atoms with Gasteiger partial charge in [0.1, 0.15) is 0 Å². The molecule has 0 saturated heterocycles. The second-order valence-electron chi connectivity index (χ2n) is 5.56. The van der Waals surface area contributed by atoms with Gasteiger partial charge in [0.2, 0.25) is 0 Å². The maximum absolute atomic E-state index is 10.5. The van der Waals surface area contributed by atoms with Crippen molar-refractivity contribution < 1.29 is 14.6 Å². The highest BCUT2D eigenvalue weighted by Gasteiger charge is 2.27. The Kier molecular flexibility index (Phi) is 14.8. The van der Waals surface area contributed by atoms with Crippen LogP contribution in [0.5, 0.6) is 0 Å². The summed E-state index contributed by atoms with van der Waals surface area (Å²) < 4.78 is 11.2. The van der Waals surface area contributed by atoms with Gasteiger partial charge in [-0.05, 0) is 32.1 Å². The van der Waals surface area contributed by atoms with Gasteiger partial charge in [-0.25, -0.2) is 0 Å². The molecule has 0 aromatic carbocycles. The molecule has 0 radical (unpaired) electrons. The Morgan fingerprint density at radius 3 is 1.77 bits per heavy atom. The van der Waals surface area contributed by atoms with Crippen molar-refractivity contribution in [2.75, 3.05) is 13.2 Å². The molecule has 3 heteroatoms. The highest BCUT2D eigenvalue weighted by Crippen LogP contribution is 2.20. The van der Waals surface area contributed by atoms with E-state index in [1.165, 1.54) is 12.8 Å². The number of aliphatic hydroxyl groups is 1. The molecule has 130 valence electrons. The molecular weight excluding hydrogens is 276 g/mol. The minimum absolute atomic E-state index is 0.492. The highest BCUT2D eigenvalue weighted by molar-refractivity contribution is 4.80. The van der Waals surface area contributed by atoms with Gasteiger partial charge in [0.05, 0.1) is 13.2 Å². The molecule has 0 aliphatic carbocycles. The van der Waals surface area contributed by atoms with Crippen molar-refractivity contribution in [1.82, 2.24) is 0 Å². The summed E-state index contributed by atoms with van der Waals surface area (Å²) in [6.45, 7) is 7.37. The highest BCUT2D eigenvalue weighted by atomic mass is 16.8. The van der Waals surface area contributed by atoms with Crippen molar-refractivity contribution >= 4 is 0 Å². The van der Waals surface area contributed by atoms with Crippen molar-refractivity contribution in [3.8, 4) is 0 Å². The van der Waals surface area contributed by atoms with Crippen LogP contribution in [0.2, 0.25) is 0 Å². The third-order valence-electron chi connectivity index (χ3n) is 3.38. The summed E-state index contributed by atoms with van der Waals surface area (Å²) in [5.74, 6) is -1.42. The fraction of sp³-hybridized carbons (Fsp3) is 0.789.